The lowest BCUT2D eigenvalue weighted by Gasteiger charge is -2.31. The number of amides is 1. The summed E-state index contributed by atoms with van der Waals surface area (Å²) in [5.74, 6) is 0.145. The first kappa shape index (κ1) is 11.2. The van der Waals surface area contributed by atoms with Crippen molar-refractivity contribution in [2.75, 3.05) is 13.6 Å². The molecule has 88 valence electrons. The van der Waals surface area contributed by atoms with E-state index in [1.54, 1.807) is 11.9 Å². The summed E-state index contributed by atoms with van der Waals surface area (Å²) in [4.78, 5) is 15.7. The van der Waals surface area contributed by atoms with Crippen LogP contribution in [0.3, 0.4) is 0 Å². The predicted molar refractivity (Wildman–Crippen MR) is 64.6 cm³/mol. The second-order valence-electron chi connectivity index (χ2n) is 4.73. The van der Waals surface area contributed by atoms with E-state index in [-0.39, 0.29) is 5.91 Å². The second-order valence-corrected chi connectivity index (χ2v) is 4.73. The molecule has 0 aromatic carbocycles. The van der Waals surface area contributed by atoms with E-state index < -0.39 is 0 Å². The van der Waals surface area contributed by atoms with Crippen molar-refractivity contribution in [3.63, 3.8) is 0 Å². The van der Waals surface area contributed by atoms with Gasteiger partial charge in [0.05, 0.1) is 11.4 Å². The minimum atomic E-state index is 0.145. The molecule has 2 aliphatic rings. The molecule has 0 spiro atoms. The first-order valence-electron chi connectivity index (χ1n) is 6.02. The maximum absolute atomic E-state index is 11.7. The summed E-state index contributed by atoms with van der Waals surface area (Å²) in [6.45, 7) is 8.87. The van der Waals surface area contributed by atoms with Crippen LogP contribution in [0.5, 0.6) is 0 Å². The Kier molecular flexibility index (Phi) is 3.03. The molecule has 0 aromatic rings. The fraction of sp³-hybridized carbons (Fsp3) is 0.615. The SMILES string of the molecule is C=C1C(=C)N(C2CCCC2)CCC(=O)N1C. The normalized spacial score (nSPS) is 24.2. The van der Waals surface area contributed by atoms with E-state index in [0.29, 0.717) is 12.5 Å². The van der Waals surface area contributed by atoms with Gasteiger partial charge >= 0.3 is 0 Å². The molecule has 2 fully saturated rings. The zero-order valence-corrected chi connectivity index (χ0v) is 10.0. The Hall–Kier alpha value is -1.25. The van der Waals surface area contributed by atoms with Crippen molar-refractivity contribution in [2.24, 2.45) is 0 Å². The fourth-order valence-corrected chi connectivity index (χ4v) is 2.65. The molecule has 0 N–H and O–H groups in total. The smallest absolute Gasteiger partial charge is 0.228 e. The lowest BCUT2D eigenvalue weighted by Crippen LogP contribution is -2.33. The minimum absolute atomic E-state index is 0.145. The average Bonchev–Trinajstić information content (AvgIpc) is 2.77. The largest absolute Gasteiger partial charge is 0.367 e. The Morgan fingerprint density at radius 3 is 2.44 bits per heavy atom. The highest BCUT2D eigenvalue weighted by Crippen LogP contribution is 2.30. The number of carbonyl (C=O) groups excluding carboxylic acids is 1. The van der Waals surface area contributed by atoms with Gasteiger partial charge in [-0.15, -0.1) is 0 Å². The summed E-state index contributed by atoms with van der Waals surface area (Å²) in [7, 11) is 1.79. The van der Waals surface area contributed by atoms with Crippen molar-refractivity contribution in [1.29, 1.82) is 0 Å². The van der Waals surface area contributed by atoms with Crippen LogP contribution in [0.25, 0.3) is 0 Å². The van der Waals surface area contributed by atoms with Crippen molar-refractivity contribution < 1.29 is 4.79 Å². The van der Waals surface area contributed by atoms with E-state index in [9.17, 15) is 4.79 Å². The quantitative estimate of drug-likeness (QED) is 0.676. The lowest BCUT2D eigenvalue weighted by molar-refractivity contribution is -0.127. The molecule has 1 heterocycles. The highest BCUT2D eigenvalue weighted by molar-refractivity contribution is 5.79. The Morgan fingerprint density at radius 2 is 1.81 bits per heavy atom. The van der Waals surface area contributed by atoms with Gasteiger partial charge in [0.25, 0.3) is 0 Å². The summed E-state index contributed by atoms with van der Waals surface area (Å²) in [6, 6.07) is 0.573. The monoisotopic (exact) mass is 220 g/mol. The third kappa shape index (κ3) is 1.86. The molecular formula is C13H20N2O. The topological polar surface area (TPSA) is 23.6 Å². The Morgan fingerprint density at radius 1 is 1.19 bits per heavy atom. The van der Waals surface area contributed by atoms with E-state index in [1.165, 1.54) is 25.7 Å². The van der Waals surface area contributed by atoms with Gasteiger partial charge in [-0.25, -0.2) is 0 Å². The van der Waals surface area contributed by atoms with Gasteiger partial charge in [-0.1, -0.05) is 26.0 Å². The highest BCUT2D eigenvalue weighted by atomic mass is 16.2. The van der Waals surface area contributed by atoms with Crippen molar-refractivity contribution >= 4 is 5.91 Å². The van der Waals surface area contributed by atoms with Crippen LogP contribution in [0.2, 0.25) is 0 Å². The number of likely N-dealkylation sites (N-methyl/N-ethyl adjacent to an activating group) is 1. The van der Waals surface area contributed by atoms with Crippen LogP contribution >= 0.6 is 0 Å². The molecule has 16 heavy (non-hydrogen) atoms. The van der Waals surface area contributed by atoms with Crippen molar-refractivity contribution in [2.45, 2.75) is 38.1 Å². The van der Waals surface area contributed by atoms with Crippen molar-refractivity contribution in [3.8, 4) is 0 Å². The average molecular weight is 220 g/mol. The van der Waals surface area contributed by atoms with Gasteiger partial charge in [0, 0.05) is 26.1 Å². The molecule has 0 atom stereocenters. The van der Waals surface area contributed by atoms with E-state index >= 15 is 0 Å². The summed E-state index contributed by atoms with van der Waals surface area (Å²) < 4.78 is 0. The van der Waals surface area contributed by atoms with Gasteiger partial charge in [-0.05, 0) is 12.8 Å². The molecular weight excluding hydrogens is 200 g/mol. The molecule has 1 saturated heterocycles. The summed E-state index contributed by atoms with van der Waals surface area (Å²) in [5, 5.41) is 0. The predicted octanol–water partition coefficient (Wildman–Crippen LogP) is 2.12. The van der Waals surface area contributed by atoms with Crippen LogP contribution in [-0.4, -0.2) is 35.3 Å². The number of nitrogens with zero attached hydrogens (tertiary/aromatic N) is 2. The van der Waals surface area contributed by atoms with Gasteiger partial charge in [0.2, 0.25) is 5.91 Å². The first-order chi connectivity index (χ1) is 7.61. The van der Waals surface area contributed by atoms with Crippen LogP contribution in [0.4, 0.5) is 0 Å². The maximum atomic E-state index is 11.7. The van der Waals surface area contributed by atoms with E-state index in [4.69, 9.17) is 0 Å². The molecule has 0 radical (unpaired) electrons. The van der Waals surface area contributed by atoms with E-state index in [0.717, 1.165) is 17.9 Å². The summed E-state index contributed by atoms with van der Waals surface area (Å²) in [5.41, 5.74) is 1.69. The first-order valence-corrected chi connectivity index (χ1v) is 6.02. The maximum Gasteiger partial charge on any atom is 0.228 e. The van der Waals surface area contributed by atoms with Gasteiger partial charge in [0.1, 0.15) is 0 Å². The third-order valence-electron chi connectivity index (χ3n) is 3.79. The van der Waals surface area contributed by atoms with Crippen LogP contribution < -0.4 is 0 Å². The zero-order chi connectivity index (χ0) is 11.7. The molecule has 1 aliphatic heterocycles. The Balaban J connectivity index is 2.17. The van der Waals surface area contributed by atoms with Crippen LogP contribution in [0.1, 0.15) is 32.1 Å². The minimum Gasteiger partial charge on any atom is -0.367 e. The van der Waals surface area contributed by atoms with Crippen molar-refractivity contribution in [3.05, 3.63) is 24.6 Å². The van der Waals surface area contributed by atoms with Gasteiger partial charge in [0.15, 0.2) is 0 Å². The molecule has 1 amide bonds. The lowest BCUT2D eigenvalue weighted by atomic mass is 10.2. The van der Waals surface area contributed by atoms with Crippen molar-refractivity contribution in [1.82, 2.24) is 9.80 Å². The molecule has 1 aliphatic carbocycles. The Labute approximate surface area is 97.4 Å². The van der Waals surface area contributed by atoms with Gasteiger partial charge < -0.3 is 9.80 Å². The van der Waals surface area contributed by atoms with E-state index in [1.807, 2.05) is 0 Å². The number of rotatable bonds is 1. The number of hydrogen-bond acceptors (Lipinski definition) is 2. The van der Waals surface area contributed by atoms with Gasteiger partial charge in [-0.2, -0.15) is 0 Å². The molecule has 1 saturated carbocycles. The zero-order valence-electron chi connectivity index (χ0n) is 10.0. The summed E-state index contributed by atoms with van der Waals surface area (Å²) in [6.07, 6.45) is 5.62. The van der Waals surface area contributed by atoms with Crippen LogP contribution in [-0.2, 0) is 4.79 Å². The molecule has 0 unspecified atom stereocenters. The Bertz CT molecular complexity index is 329. The third-order valence-corrected chi connectivity index (χ3v) is 3.79. The highest BCUT2D eigenvalue weighted by Gasteiger charge is 2.29. The molecule has 0 aromatic heterocycles. The fourth-order valence-electron chi connectivity index (χ4n) is 2.65. The van der Waals surface area contributed by atoms with Crippen LogP contribution in [0, 0.1) is 0 Å². The number of hydrogen-bond donors (Lipinski definition) is 0. The second kappa shape index (κ2) is 4.32. The molecule has 2 rings (SSSR count). The summed E-state index contributed by atoms with van der Waals surface area (Å²) >= 11 is 0. The van der Waals surface area contributed by atoms with Gasteiger partial charge in [-0.3, -0.25) is 4.79 Å². The molecule has 0 bridgehead atoms. The van der Waals surface area contributed by atoms with Crippen LogP contribution in [0.15, 0.2) is 24.6 Å². The van der Waals surface area contributed by atoms with E-state index in [2.05, 4.69) is 18.1 Å². The molecule has 3 heteroatoms. The standard InChI is InChI=1S/C13H20N2O/c1-10-11(2)15(12-6-4-5-7-12)9-8-13(16)14(10)3/h12H,1-2,4-9H2,3H3. The number of carbonyl (C=O) groups is 1. The molecule has 3 nitrogen and oxygen atoms in total.